The van der Waals surface area contributed by atoms with Gasteiger partial charge in [-0.3, -0.25) is 4.98 Å². The molecule has 2 rings (SSSR count). The molecule has 3 heteroatoms. The number of hydrogen-bond donors (Lipinski definition) is 0. The number of nitrogens with zero attached hydrogens (tertiary/aromatic N) is 1. The summed E-state index contributed by atoms with van der Waals surface area (Å²) in [6, 6.07) is 7.52. The molecule has 16 heavy (non-hydrogen) atoms. The lowest BCUT2D eigenvalue weighted by Crippen LogP contribution is -2.01. The number of aryl methyl sites for hydroxylation is 2. The molecule has 0 saturated carbocycles. The van der Waals surface area contributed by atoms with Gasteiger partial charge in [0, 0.05) is 16.8 Å². The molecule has 0 N–H and O–H groups in total. The van der Waals surface area contributed by atoms with Crippen molar-refractivity contribution in [3.63, 3.8) is 0 Å². The molecule has 1 aromatic carbocycles. The monoisotopic (exact) mass is 215 g/mol. The van der Waals surface area contributed by atoms with Gasteiger partial charge in [-0.15, -0.1) is 0 Å². The summed E-state index contributed by atoms with van der Waals surface area (Å²) in [4.78, 5) is 15.8. The van der Waals surface area contributed by atoms with Crippen LogP contribution < -0.4 is 0 Å². The molecule has 0 aliphatic carbocycles. The third kappa shape index (κ3) is 1.76. The first kappa shape index (κ1) is 10.6. The highest BCUT2D eigenvalue weighted by molar-refractivity contribution is 5.96. The molecule has 3 nitrogen and oxygen atoms in total. The van der Waals surface area contributed by atoms with Crippen molar-refractivity contribution in [2.45, 2.75) is 13.8 Å². The van der Waals surface area contributed by atoms with E-state index in [9.17, 15) is 4.79 Å². The molecule has 0 bridgehead atoms. The summed E-state index contributed by atoms with van der Waals surface area (Å²) in [5.74, 6) is -0.318. The Labute approximate surface area is 94.1 Å². The zero-order chi connectivity index (χ0) is 11.7. The first-order valence-corrected chi connectivity index (χ1v) is 5.08. The van der Waals surface area contributed by atoms with Gasteiger partial charge in [0.15, 0.2) is 0 Å². The van der Waals surface area contributed by atoms with Gasteiger partial charge in [-0.1, -0.05) is 6.07 Å². The summed E-state index contributed by atoms with van der Waals surface area (Å²) in [6.45, 7) is 3.90. The SMILES string of the molecule is COC(=O)c1ccc2cc(C)nc(C)c2c1. The van der Waals surface area contributed by atoms with Crippen LogP contribution in [0.3, 0.4) is 0 Å². The van der Waals surface area contributed by atoms with Crippen LogP contribution >= 0.6 is 0 Å². The molecule has 0 atom stereocenters. The Kier molecular flexibility index (Phi) is 2.60. The van der Waals surface area contributed by atoms with Crippen molar-refractivity contribution in [1.82, 2.24) is 4.98 Å². The lowest BCUT2D eigenvalue weighted by atomic mass is 10.1. The van der Waals surface area contributed by atoms with Crippen molar-refractivity contribution in [2.75, 3.05) is 7.11 Å². The van der Waals surface area contributed by atoms with Crippen LogP contribution in [0, 0.1) is 13.8 Å². The molecular weight excluding hydrogens is 202 g/mol. The number of methoxy groups -OCH3 is 1. The largest absolute Gasteiger partial charge is 0.465 e. The number of benzene rings is 1. The quantitative estimate of drug-likeness (QED) is 0.686. The highest BCUT2D eigenvalue weighted by Crippen LogP contribution is 2.20. The van der Waals surface area contributed by atoms with Crippen molar-refractivity contribution in [3.8, 4) is 0 Å². The number of ether oxygens (including phenoxy) is 1. The molecule has 1 aromatic heterocycles. The minimum absolute atomic E-state index is 0.318. The van der Waals surface area contributed by atoms with Crippen LogP contribution in [0.1, 0.15) is 21.7 Å². The molecular formula is C13H13NO2. The Bertz CT molecular complexity index is 561. The van der Waals surface area contributed by atoms with Gasteiger partial charge in [0.1, 0.15) is 0 Å². The lowest BCUT2D eigenvalue weighted by molar-refractivity contribution is 0.0601. The van der Waals surface area contributed by atoms with Gasteiger partial charge in [0.05, 0.1) is 12.7 Å². The molecule has 2 aromatic rings. The number of hydrogen-bond acceptors (Lipinski definition) is 3. The molecule has 82 valence electrons. The fraction of sp³-hybridized carbons (Fsp3) is 0.231. The highest BCUT2D eigenvalue weighted by atomic mass is 16.5. The van der Waals surface area contributed by atoms with E-state index >= 15 is 0 Å². The van der Waals surface area contributed by atoms with E-state index in [1.54, 1.807) is 6.07 Å². The molecule has 0 amide bonds. The van der Waals surface area contributed by atoms with Gasteiger partial charge < -0.3 is 4.74 Å². The Balaban J connectivity index is 2.66. The van der Waals surface area contributed by atoms with Crippen molar-refractivity contribution in [2.24, 2.45) is 0 Å². The van der Waals surface area contributed by atoms with Crippen molar-refractivity contribution >= 4 is 16.7 Å². The number of carbonyl (C=O) groups is 1. The van der Waals surface area contributed by atoms with Crippen LogP contribution in [-0.2, 0) is 4.74 Å². The van der Waals surface area contributed by atoms with Gasteiger partial charge >= 0.3 is 5.97 Å². The average Bonchev–Trinajstić information content (AvgIpc) is 2.27. The third-order valence-electron chi connectivity index (χ3n) is 2.57. The van der Waals surface area contributed by atoms with Gasteiger partial charge in [-0.25, -0.2) is 4.79 Å². The number of rotatable bonds is 1. The molecule has 1 heterocycles. The molecule has 0 radical (unpaired) electrons. The Hall–Kier alpha value is -1.90. The molecule has 0 unspecified atom stereocenters. The minimum Gasteiger partial charge on any atom is -0.465 e. The zero-order valence-electron chi connectivity index (χ0n) is 9.57. The topological polar surface area (TPSA) is 39.2 Å². The van der Waals surface area contributed by atoms with E-state index in [0.29, 0.717) is 5.56 Å². The summed E-state index contributed by atoms with van der Waals surface area (Å²) >= 11 is 0. The second-order valence-corrected chi connectivity index (χ2v) is 3.78. The lowest BCUT2D eigenvalue weighted by Gasteiger charge is -2.05. The van der Waals surface area contributed by atoms with Crippen LogP contribution in [0.25, 0.3) is 10.8 Å². The van der Waals surface area contributed by atoms with E-state index in [0.717, 1.165) is 22.2 Å². The fourth-order valence-electron chi connectivity index (χ4n) is 1.82. The summed E-state index contributed by atoms with van der Waals surface area (Å²) in [5.41, 5.74) is 2.47. The Morgan fingerprint density at radius 2 is 2.00 bits per heavy atom. The van der Waals surface area contributed by atoms with Gasteiger partial charge in [0.25, 0.3) is 0 Å². The molecule has 0 saturated heterocycles. The van der Waals surface area contributed by atoms with E-state index in [2.05, 4.69) is 9.72 Å². The second kappa shape index (κ2) is 3.93. The summed E-state index contributed by atoms with van der Waals surface area (Å²) in [7, 11) is 1.38. The molecule has 0 aliphatic rings. The predicted molar refractivity (Wildman–Crippen MR) is 62.6 cm³/mol. The van der Waals surface area contributed by atoms with Crippen molar-refractivity contribution in [3.05, 3.63) is 41.2 Å². The maximum absolute atomic E-state index is 11.4. The van der Waals surface area contributed by atoms with Gasteiger partial charge in [-0.2, -0.15) is 0 Å². The standard InChI is InChI=1S/C13H13NO2/c1-8-6-10-4-5-11(13(15)16-3)7-12(10)9(2)14-8/h4-7H,1-3H3. The van der Waals surface area contributed by atoms with E-state index in [1.165, 1.54) is 7.11 Å². The van der Waals surface area contributed by atoms with Crippen LogP contribution in [0.15, 0.2) is 24.3 Å². The van der Waals surface area contributed by atoms with Crippen LogP contribution in [-0.4, -0.2) is 18.1 Å². The number of fused-ring (bicyclic) bond motifs is 1. The summed E-state index contributed by atoms with van der Waals surface area (Å²) < 4.78 is 4.69. The first-order valence-electron chi connectivity index (χ1n) is 5.08. The van der Waals surface area contributed by atoms with E-state index < -0.39 is 0 Å². The number of esters is 1. The maximum Gasteiger partial charge on any atom is 0.337 e. The third-order valence-corrected chi connectivity index (χ3v) is 2.57. The van der Waals surface area contributed by atoms with E-state index in [4.69, 9.17) is 0 Å². The molecule has 0 fully saturated rings. The van der Waals surface area contributed by atoms with Crippen LogP contribution in [0.4, 0.5) is 0 Å². The van der Waals surface area contributed by atoms with Crippen molar-refractivity contribution in [1.29, 1.82) is 0 Å². The normalized spacial score (nSPS) is 10.4. The Morgan fingerprint density at radius 3 is 2.69 bits per heavy atom. The average molecular weight is 215 g/mol. The number of pyridine rings is 1. The summed E-state index contributed by atoms with van der Waals surface area (Å²) in [5, 5.41) is 2.09. The van der Waals surface area contributed by atoms with E-state index in [1.807, 2.05) is 32.0 Å². The smallest absolute Gasteiger partial charge is 0.337 e. The van der Waals surface area contributed by atoms with Crippen LogP contribution in [0.5, 0.6) is 0 Å². The number of aromatic nitrogens is 1. The van der Waals surface area contributed by atoms with Crippen molar-refractivity contribution < 1.29 is 9.53 Å². The maximum atomic E-state index is 11.4. The van der Waals surface area contributed by atoms with Gasteiger partial charge in [-0.05, 0) is 37.4 Å². The van der Waals surface area contributed by atoms with Crippen LogP contribution in [0.2, 0.25) is 0 Å². The number of carbonyl (C=O) groups excluding carboxylic acids is 1. The minimum atomic E-state index is -0.318. The molecule has 0 aliphatic heterocycles. The summed E-state index contributed by atoms with van der Waals surface area (Å²) in [6.07, 6.45) is 0. The van der Waals surface area contributed by atoms with E-state index in [-0.39, 0.29) is 5.97 Å². The highest BCUT2D eigenvalue weighted by Gasteiger charge is 2.07. The first-order chi connectivity index (χ1) is 7.61. The predicted octanol–water partition coefficient (Wildman–Crippen LogP) is 2.64. The molecule has 0 spiro atoms. The zero-order valence-corrected chi connectivity index (χ0v) is 9.57. The van der Waals surface area contributed by atoms with Gasteiger partial charge in [0.2, 0.25) is 0 Å². The second-order valence-electron chi connectivity index (χ2n) is 3.78. The fourth-order valence-corrected chi connectivity index (χ4v) is 1.82. The Morgan fingerprint density at radius 1 is 1.25 bits per heavy atom.